The van der Waals surface area contributed by atoms with Crippen molar-refractivity contribution in [2.75, 3.05) is 5.32 Å². The molecular formula is C13H19ClN2O2. The van der Waals surface area contributed by atoms with Crippen molar-refractivity contribution >= 4 is 23.0 Å². The topological polar surface area (TPSA) is 55.2 Å². The van der Waals surface area contributed by atoms with Gasteiger partial charge in [0.1, 0.15) is 5.69 Å². The molecule has 0 aliphatic rings. The molecule has 0 spiro atoms. The van der Waals surface area contributed by atoms with Gasteiger partial charge in [-0.3, -0.25) is 10.1 Å². The van der Waals surface area contributed by atoms with Gasteiger partial charge in [0, 0.05) is 12.1 Å². The van der Waals surface area contributed by atoms with Crippen LogP contribution in [0.25, 0.3) is 0 Å². The van der Waals surface area contributed by atoms with Crippen LogP contribution in [0.15, 0.2) is 18.2 Å². The predicted octanol–water partition coefficient (Wildman–Crippen LogP) is 4.48. The molecule has 1 rings (SSSR count). The number of nitrogens with one attached hydrogen (secondary N) is 1. The molecule has 1 N–H and O–H groups in total. The minimum absolute atomic E-state index is 0.0264. The normalized spacial score (nSPS) is 14.0. The molecule has 5 heteroatoms. The zero-order chi connectivity index (χ0) is 13.7. The Morgan fingerprint density at radius 2 is 2.11 bits per heavy atom. The SMILES string of the molecule is CCC(C)CC(C)Nc1c(Cl)cccc1[N+](=O)[O-]. The molecule has 18 heavy (non-hydrogen) atoms. The smallest absolute Gasteiger partial charge is 0.293 e. The number of halogens is 1. The average molecular weight is 271 g/mol. The van der Waals surface area contributed by atoms with Crippen LogP contribution in [0.3, 0.4) is 0 Å². The van der Waals surface area contributed by atoms with Crippen LogP contribution in [0.2, 0.25) is 5.02 Å². The maximum absolute atomic E-state index is 10.9. The van der Waals surface area contributed by atoms with Crippen LogP contribution >= 0.6 is 11.6 Å². The molecule has 0 aliphatic heterocycles. The first-order valence-electron chi connectivity index (χ1n) is 6.15. The quantitative estimate of drug-likeness (QED) is 0.612. The standard InChI is InChI=1S/C13H19ClN2O2/c1-4-9(2)8-10(3)15-13-11(14)6-5-7-12(13)16(17)18/h5-7,9-10,15H,4,8H2,1-3H3. The van der Waals surface area contributed by atoms with E-state index in [0.29, 0.717) is 16.6 Å². The third-order valence-corrected chi connectivity index (χ3v) is 3.35. The van der Waals surface area contributed by atoms with Crippen molar-refractivity contribution in [3.63, 3.8) is 0 Å². The van der Waals surface area contributed by atoms with Crippen LogP contribution in [0.5, 0.6) is 0 Å². The number of anilines is 1. The lowest BCUT2D eigenvalue weighted by atomic mass is 10.00. The van der Waals surface area contributed by atoms with Gasteiger partial charge in [-0.1, -0.05) is 37.9 Å². The van der Waals surface area contributed by atoms with Crippen LogP contribution in [-0.2, 0) is 0 Å². The first-order chi connectivity index (χ1) is 8.45. The van der Waals surface area contributed by atoms with E-state index in [2.05, 4.69) is 19.2 Å². The molecule has 0 radical (unpaired) electrons. The maximum Gasteiger partial charge on any atom is 0.293 e. The second-order valence-electron chi connectivity index (χ2n) is 4.69. The summed E-state index contributed by atoms with van der Waals surface area (Å²) in [5.41, 5.74) is 0.443. The molecule has 4 nitrogen and oxygen atoms in total. The van der Waals surface area contributed by atoms with Crippen LogP contribution in [-0.4, -0.2) is 11.0 Å². The average Bonchev–Trinajstić information content (AvgIpc) is 2.31. The van der Waals surface area contributed by atoms with Gasteiger partial charge < -0.3 is 5.32 Å². The van der Waals surface area contributed by atoms with Crippen molar-refractivity contribution in [3.05, 3.63) is 33.3 Å². The van der Waals surface area contributed by atoms with E-state index in [1.165, 1.54) is 6.07 Å². The van der Waals surface area contributed by atoms with Crippen LogP contribution < -0.4 is 5.32 Å². The molecule has 0 bridgehead atoms. The largest absolute Gasteiger partial charge is 0.376 e. The highest BCUT2D eigenvalue weighted by Crippen LogP contribution is 2.32. The fourth-order valence-corrected chi connectivity index (χ4v) is 2.11. The lowest BCUT2D eigenvalue weighted by molar-refractivity contribution is -0.384. The molecule has 0 aliphatic carbocycles. The predicted molar refractivity (Wildman–Crippen MR) is 75.3 cm³/mol. The molecule has 2 atom stereocenters. The summed E-state index contributed by atoms with van der Waals surface area (Å²) in [7, 11) is 0. The first kappa shape index (κ1) is 14.8. The number of nitrogens with zero attached hydrogens (tertiary/aromatic N) is 1. The third-order valence-electron chi connectivity index (χ3n) is 3.03. The molecule has 0 saturated carbocycles. The molecule has 100 valence electrons. The van der Waals surface area contributed by atoms with E-state index in [1.54, 1.807) is 12.1 Å². The lowest BCUT2D eigenvalue weighted by Crippen LogP contribution is -2.19. The van der Waals surface area contributed by atoms with E-state index >= 15 is 0 Å². The highest BCUT2D eigenvalue weighted by atomic mass is 35.5. The number of benzene rings is 1. The molecule has 0 saturated heterocycles. The van der Waals surface area contributed by atoms with Crippen molar-refractivity contribution in [1.29, 1.82) is 0 Å². The van der Waals surface area contributed by atoms with Crippen LogP contribution in [0.4, 0.5) is 11.4 Å². The molecule has 0 aromatic heterocycles. The highest BCUT2D eigenvalue weighted by molar-refractivity contribution is 6.33. The minimum Gasteiger partial charge on any atom is -0.376 e. The summed E-state index contributed by atoms with van der Waals surface area (Å²) in [6.45, 7) is 6.31. The Morgan fingerprint density at radius 1 is 1.44 bits per heavy atom. The van der Waals surface area contributed by atoms with Gasteiger partial charge in [-0.05, 0) is 25.3 Å². The van der Waals surface area contributed by atoms with Crippen molar-refractivity contribution < 1.29 is 4.92 Å². The number of nitro benzene ring substituents is 1. The molecule has 2 unspecified atom stereocenters. The number of hydrogen-bond donors (Lipinski definition) is 1. The van der Waals surface area contributed by atoms with Gasteiger partial charge in [0.25, 0.3) is 5.69 Å². The Labute approximate surface area is 112 Å². The lowest BCUT2D eigenvalue weighted by Gasteiger charge is -2.19. The summed E-state index contributed by atoms with van der Waals surface area (Å²) in [6, 6.07) is 4.86. The summed E-state index contributed by atoms with van der Waals surface area (Å²) < 4.78 is 0. The number of nitro groups is 1. The Morgan fingerprint density at radius 3 is 2.67 bits per heavy atom. The second kappa shape index (κ2) is 6.59. The molecule has 0 fully saturated rings. The van der Waals surface area contributed by atoms with Crippen molar-refractivity contribution in [3.8, 4) is 0 Å². The van der Waals surface area contributed by atoms with Gasteiger partial charge in [0.05, 0.1) is 9.95 Å². The molecule has 0 amide bonds. The second-order valence-corrected chi connectivity index (χ2v) is 5.09. The Hall–Kier alpha value is -1.29. The van der Waals surface area contributed by atoms with E-state index in [0.717, 1.165) is 12.8 Å². The van der Waals surface area contributed by atoms with E-state index in [9.17, 15) is 10.1 Å². The summed E-state index contributed by atoms with van der Waals surface area (Å²) >= 11 is 6.02. The number of para-hydroxylation sites is 1. The van der Waals surface area contributed by atoms with E-state index in [-0.39, 0.29) is 11.7 Å². The third kappa shape index (κ3) is 3.88. The van der Waals surface area contributed by atoms with E-state index < -0.39 is 4.92 Å². The van der Waals surface area contributed by atoms with Gasteiger partial charge in [-0.2, -0.15) is 0 Å². The van der Waals surface area contributed by atoms with Crippen molar-refractivity contribution in [2.24, 2.45) is 5.92 Å². The van der Waals surface area contributed by atoms with Gasteiger partial charge in [0.15, 0.2) is 0 Å². The summed E-state index contributed by atoms with van der Waals surface area (Å²) in [5.74, 6) is 0.578. The Kier molecular flexibility index (Phi) is 5.41. The summed E-state index contributed by atoms with van der Waals surface area (Å²) in [6.07, 6.45) is 2.05. The van der Waals surface area contributed by atoms with Crippen LogP contribution in [0.1, 0.15) is 33.6 Å². The Bertz CT molecular complexity index is 423. The van der Waals surface area contributed by atoms with Gasteiger partial charge in [-0.15, -0.1) is 0 Å². The number of rotatable bonds is 6. The Balaban J connectivity index is 2.86. The van der Waals surface area contributed by atoms with E-state index in [4.69, 9.17) is 11.6 Å². The maximum atomic E-state index is 10.9. The van der Waals surface area contributed by atoms with Crippen molar-refractivity contribution in [2.45, 2.75) is 39.7 Å². The zero-order valence-electron chi connectivity index (χ0n) is 10.9. The van der Waals surface area contributed by atoms with Gasteiger partial charge in [0.2, 0.25) is 0 Å². The zero-order valence-corrected chi connectivity index (χ0v) is 11.7. The monoisotopic (exact) mass is 270 g/mol. The molecule has 1 aromatic rings. The molecular weight excluding hydrogens is 252 g/mol. The molecule has 0 heterocycles. The first-order valence-corrected chi connectivity index (χ1v) is 6.52. The summed E-state index contributed by atoms with van der Waals surface area (Å²) in [5, 5.41) is 14.5. The highest BCUT2D eigenvalue weighted by Gasteiger charge is 2.18. The fraction of sp³-hybridized carbons (Fsp3) is 0.538. The number of hydrogen-bond acceptors (Lipinski definition) is 3. The van der Waals surface area contributed by atoms with Crippen LogP contribution in [0, 0.1) is 16.0 Å². The summed E-state index contributed by atoms with van der Waals surface area (Å²) in [4.78, 5) is 10.5. The molecule has 1 aromatic carbocycles. The fourth-order valence-electron chi connectivity index (χ4n) is 1.88. The van der Waals surface area contributed by atoms with Gasteiger partial charge >= 0.3 is 0 Å². The van der Waals surface area contributed by atoms with Gasteiger partial charge in [-0.25, -0.2) is 0 Å². The minimum atomic E-state index is -0.413. The van der Waals surface area contributed by atoms with E-state index in [1.807, 2.05) is 6.92 Å². The van der Waals surface area contributed by atoms with Crippen molar-refractivity contribution in [1.82, 2.24) is 0 Å².